The summed E-state index contributed by atoms with van der Waals surface area (Å²) in [5, 5.41) is 33.3. The number of carbonyl (C=O) groups is 1. The largest absolute Gasteiger partial charge is 0.393 e. The van der Waals surface area contributed by atoms with Crippen LogP contribution in [0.2, 0.25) is 0 Å². The highest BCUT2D eigenvalue weighted by Crippen LogP contribution is 2.36. The van der Waals surface area contributed by atoms with E-state index >= 15 is 0 Å². The number of nitrogens with one attached hydrogen (secondary N) is 1. The highest BCUT2D eigenvalue weighted by molar-refractivity contribution is 5.75. The molecule has 1 saturated carbocycles. The first kappa shape index (κ1) is 23.9. The van der Waals surface area contributed by atoms with Crippen molar-refractivity contribution in [3.8, 4) is 0 Å². The fourth-order valence-electron chi connectivity index (χ4n) is 3.70. The van der Waals surface area contributed by atoms with Crippen molar-refractivity contribution in [3.63, 3.8) is 0 Å². The second kappa shape index (κ2) is 13.9. The van der Waals surface area contributed by atoms with E-state index in [1.54, 1.807) is 6.08 Å². The molecule has 5 atom stereocenters. The predicted octanol–water partition coefficient (Wildman–Crippen LogP) is 3.09. The van der Waals surface area contributed by atoms with Crippen LogP contribution in [0.15, 0.2) is 24.3 Å². The second-order valence-corrected chi connectivity index (χ2v) is 7.61. The summed E-state index contributed by atoms with van der Waals surface area (Å²) in [5.74, 6) is -0.0672. The topological polar surface area (TPSA) is 89.8 Å². The van der Waals surface area contributed by atoms with E-state index in [1.807, 2.05) is 19.1 Å². The third-order valence-electron chi connectivity index (χ3n) is 5.30. The molecule has 1 aliphatic rings. The molecule has 1 amide bonds. The van der Waals surface area contributed by atoms with Crippen molar-refractivity contribution in [2.45, 2.75) is 89.9 Å². The molecule has 0 saturated heterocycles. The molecular weight excluding hydrogens is 342 g/mol. The normalized spacial score (nSPS) is 26.9. The van der Waals surface area contributed by atoms with Crippen LogP contribution >= 0.6 is 0 Å². The quantitative estimate of drug-likeness (QED) is 0.291. The van der Waals surface area contributed by atoms with Gasteiger partial charge in [-0.15, -0.1) is 0 Å². The monoisotopic (exact) mass is 381 g/mol. The Morgan fingerprint density at radius 3 is 2.63 bits per heavy atom. The van der Waals surface area contributed by atoms with Gasteiger partial charge in [0.05, 0.1) is 18.3 Å². The van der Waals surface area contributed by atoms with Crippen molar-refractivity contribution in [1.29, 1.82) is 0 Å². The SMILES string of the molecule is CCCCCC(O)C=CC1C(O)CC(O)C1CC=CCCCC(=O)NCC. The van der Waals surface area contributed by atoms with Crippen LogP contribution in [0.3, 0.4) is 0 Å². The molecule has 0 aromatic carbocycles. The molecule has 0 heterocycles. The number of hydrogen-bond donors (Lipinski definition) is 4. The van der Waals surface area contributed by atoms with Gasteiger partial charge in [0.25, 0.3) is 0 Å². The second-order valence-electron chi connectivity index (χ2n) is 7.61. The molecule has 0 aromatic rings. The fraction of sp³-hybridized carbons (Fsp3) is 0.773. The molecule has 0 aromatic heterocycles. The molecule has 27 heavy (non-hydrogen) atoms. The van der Waals surface area contributed by atoms with Gasteiger partial charge in [-0.2, -0.15) is 0 Å². The van der Waals surface area contributed by atoms with Crippen molar-refractivity contribution < 1.29 is 20.1 Å². The van der Waals surface area contributed by atoms with Crippen LogP contribution in [0.5, 0.6) is 0 Å². The van der Waals surface area contributed by atoms with E-state index in [4.69, 9.17) is 0 Å². The minimum Gasteiger partial charge on any atom is -0.393 e. The number of unbranched alkanes of at least 4 members (excludes halogenated alkanes) is 3. The molecule has 0 radical (unpaired) electrons. The Morgan fingerprint density at radius 2 is 1.93 bits per heavy atom. The minimum absolute atomic E-state index is 0.0290. The van der Waals surface area contributed by atoms with Gasteiger partial charge in [-0.3, -0.25) is 4.79 Å². The summed E-state index contributed by atoms with van der Waals surface area (Å²) in [6.45, 7) is 4.71. The van der Waals surface area contributed by atoms with Crippen LogP contribution in [0.4, 0.5) is 0 Å². The first-order chi connectivity index (χ1) is 13.0. The van der Waals surface area contributed by atoms with Crippen LogP contribution < -0.4 is 5.32 Å². The number of amides is 1. The van der Waals surface area contributed by atoms with Crippen LogP contribution in [0.25, 0.3) is 0 Å². The number of hydrogen-bond acceptors (Lipinski definition) is 4. The lowest BCUT2D eigenvalue weighted by molar-refractivity contribution is -0.121. The van der Waals surface area contributed by atoms with Gasteiger partial charge in [0, 0.05) is 25.3 Å². The molecule has 156 valence electrons. The summed E-state index contributed by atoms with van der Waals surface area (Å²) in [4.78, 5) is 11.4. The minimum atomic E-state index is -0.560. The van der Waals surface area contributed by atoms with Crippen molar-refractivity contribution >= 4 is 5.91 Å². The van der Waals surface area contributed by atoms with Gasteiger partial charge in [0.15, 0.2) is 0 Å². The molecule has 0 aliphatic heterocycles. The van der Waals surface area contributed by atoms with Gasteiger partial charge < -0.3 is 20.6 Å². The lowest BCUT2D eigenvalue weighted by Gasteiger charge is -2.19. The van der Waals surface area contributed by atoms with E-state index < -0.39 is 18.3 Å². The van der Waals surface area contributed by atoms with Gasteiger partial charge in [-0.25, -0.2) is 0 Å². The smallest absolute Gasteiger partial charge is 0.219 e. The maximum atomic E-state index is 11.4. The summed E-state index contributed by atoms with van der Waals surface area (Å²) in [6, 6.07) is 0. The molecule has 1 rings (SSSR count). The number of aliphatic hydroxyl groups excluding tert-OH is 3. The number of carbonyl (C=O) groups excluding carboxylic acids is 1. The van der Waals surface area contributed by atoms with Crippen molar-refractivity contribution in [3.05, 3.63) is 24.3 Å². The predicted molar refractivity (Wildman–Crippen MR) is 109 cm³/mol. The van der Waals surface area contributed by atoms with E-state index in [0.29, 0.717) is 25.8 Å². The summed E-state index contributed by atoms with van der Waals surface area (Å²) < 4.78 is 0. The third kappa shape index (κ3) is 9.54. The number of allylic oxidation sites excluding steroid dienone is 2. The molecule has 5 heteroatoms. The van der Waals surface area contributed by atoms with E-state index in [1.165, 1.54) is 0 Å². The summed E-state index contributed by atoms with van der Waals surface area (Å²) in [7, 11) is 0. The Hall–Kier alpha value is -1.17. The molecule has 1 fully saturated rings. The van der Waals surface area contributed by atoms with E-state index in [9.17, 15) is 20.1 Å². The standard InChI is InChI=1S/C22H39NO4/c1-3-5-8-11-17(24)14-15-19-18(20(25)16-21(19)26)12-9-6-7-10-13-22(27)23-4-2/h6,9,14-15,17-21,24-26H,3-5,7-8,10-13,16H2,1-2H3,(H,23,27). The first-order valence-electron chi connectivity index (χ1n) is 10.6. The summed E-state index contributed by atoms with van der Waals surface area (Å²) in [6.07, 6.45) is 13.5. The number of aliphatic hydroxyl groups is 3. The maximum Gasteiger partial charge on any atom is 0.219 e. The zero-order chi connectivity index (χ0) is 20.1. The summed E-state index contributed by atoms with van der Waals surface area (Å²) >= 11 is 0. The van der Waals surface area contributed by atoms with Crippen molar-refractivity contribution in [2.75, 3.05) is 6.54 Å². The highest BCUT2D eigenvalue weighted by Gasteiger charge is 2.39. The first-order valence-corrected chi connectivity index (χ1v) is 10.6. The Labute approximate surface area is 164 Å². The van der Waals surface area contributed by atoms with E-state index in [0.717, 1.165) is 38.5 Å². The zero-order valence-electron chi connectivity index (χ0n) is 17.0. The van der Waals surface area contributed by atoms with Crippen molar-refractivity contribution in [1.82, 2.24) is 5.32 Å². The third-order valence-corrected chi connectivity index (χ3v) is 5.30. The van der Waals surface area contributed by atoms with E-state index in [-0.39, 0.29) is 17.7 Å². The van der Waals surface area contributed by atoms with Crippen LogP contribution in [-0.4, -0.2) is 46.1 Å². The summed E-state index contributed by atoms with van der Waals surface area (Å²) in [5.41, 5.74) is 0. The van der Waals surface area contributed by atoms with E-state index in [2.05, 4.69) is 18.3 Å². The van der Waals surface area contributed by atoms with Gasteiger partial charge in [0.2, 0.25) is 5.91 Å². The molecular formula is C22H39NO4. The Morgan fingerprint density at radius 1 is 1.15 bits per heavy atom. The molecule has 0 spiro atoms. The zero-order valence-corrected chi connectivity index (χ0v) is 17.0. The Balaban J connectivity index is 2.42. The Kier molecular flexibility index (Phi) is 12.3. The van der Waals surface area contributed by atoms with Gasteiger partial charge in [0.1, 0.15) is 0 Å². The molecule has 1 aliphatic carbocycles. The molecule has 4 N–H and O–H groups in total. The van der Waals surface area contributed by atoms with Crippen LogP contribution in [0, 0.1) is 11.8 Å². The average molecular weight is 382 g/mol. The lowest BCUT2D eigenvalue weighted by Crippen LogP contribution is -2.21. The van der Waals surface area contributed by atoms with Gasteiger partial charge >= 0.3 is 0 Å². The highest BCUT2D eigenvalue weighted by atomic mass is 16.3. The lowest BCUT2D eigenvalue weighted by atomic mass is 9.89. The Bertz CT molecular complexity index is 463. The van der Waals surface area contributed by atoms with Gasteiger partial charge in [-0.1, -0.05) is 50.5 Å². The molecule has 5 unspecified atom stereocenters. The number of rotatable bonds is 13. The average Bonchev–Trinajstić information content (AvgIpc) is 2.89. The van der Waals surface area contributed by atoms with Crippen molar-refractivity contribution in [2.24, 2.45) is 11.8 Å². The van der Waals surface area contributed by atoms with Crippen LogP contribution in [0.1, 0.15) is 71.6 Å². The van der Waals surface area contributed by atoms with Gasteiger partial charge in [-0.05, 0) is 38.5 Å². The molecule has 0 bridgehead atoms. The van der Waals surface area contributed by atoms with Crippen LogP contribution in [-0.2, 0) is 4.79 Å². The molecule has 5 nitrogen and oxygen atoms in total. The fourth-order valence-corrected chi connectivity index (χ4v) is 3.70. The maximum absolute atomic E-state index is 11.4.